The van der Waals surface area contributed by atoms with Crippen LogP contribution in [0.1, 0.15) is 10.4 Å². The Morgan fingerprint density at radius 3 is 2.60 bits per heavy atom. The Morgan fingerprint density at radius 1 is 1.27 bits per heavy atom. The number of carboxylic acid groups (broad SMARTS) is 1. The summed E-state index contributed by atoms with van der Waals surface area (Å²) in [7, 11) is 0. The molecule has 3 nitrogen and oxygen atoms in total. The number of halogens is 1. The lowest BCUT2D eigenvalue weighted by Gasteiger charge is -2.06. The van der Waals surface area contributed by atoms with Crippen molar-refractivity contribution in [1.82, 2.24) is 0 Å². The molecule has 0 amide bonds. The Morgan fingerprint density at radius 2 is 1.93 bits per heavy atom. The Bertz CT molecular complexity index is 549. The molecule has 4 heteroatoms. The molecule has 76 valence electrons. The summed E-state index contributed by atoms with van der Waals surface area (Å²) in [4.78, 5) is 10.8. The summed E-state index contributed by atoms with van der Waals surface area (Å²) in [6.45, 7) is 0. The highest BCUT2D eigenvalue weighted by molar-refractivity contribution is 9.10. The third kappa shape index (κ3) is 1.57. The molecule has 0 saturated heterocycles. The maximum Gasteiger partial charge on any atom is 0.339 e. The predicted molar refractivity (Wildman–Crippen MR) is 60.3 cm³/mol. The first-order chi connectivity index (χ1) is 7.11. The smallest absolute Gasteiger partial charge is 0.339 e. The first-order valence-electron chi connectivity index (χ1n) is 4.25. The molecule has 0 aliphatic heterocycles. The fourth-order valence-electron chi connectivity index (χ4n) is 1.46. The normalized spacial score (nSPS) is 10.5. The summed E-state index contributed by atoms with van der Waals surface area (Å²) in [6, 6.07) is 8.71. The molecule has 0 heterocycles. The summed E-state index contributed by atoms with van der Waals surface area (Å²) < 4.78 is 0.415. The molecule has 15 heavy (non-hydrogen) atoms. The molecule has 0 aromatic heterocycles. The van der Waals surface area contributed by atoms with Gasteiger partial charge >= 0.3 is 5.97 Å². The number of benzene rings is 2. The molecule has 2 aromatic carbocycles. The van der Waals surface area contributed by atoms with Crippen LogP contribution in [0.3, 0.4) is 0 Å². The number of carbonyl (C=O) groups is 1. The van der Waals surface area contributed by atoms with Crippen molar-refractivity contribution in [3.8, 4) is 5.75 Å². The molecular weight excluding hydrogens is 260 g/mol. The molecule has 0 aliphatic rings. The van der Waals surface area contributed by atoms with E-state index in [1.165, 1.54) is 6.07 Å². The number of aromatic carboxylic acids is 1. The second-order valence-corrected chi connectivity index (χ2v) is 3.91. The minimum atomic E-state index is -1.14. The van der Waals surface area contributed by atoms with Gasteiger partial charge in [0, 0.05) is 0 Å². The topological polar surface area (TPSA) is 57.5 Å². The fourth-order valence-corrected chi connectivity index (χ4v) is 2.03. The van der Waals surface area contributed by atoms with Gasteiger partial charge in [-0.2, -0.15) is 0 Å². The Hall–Kier alpha value is -1.55. The van der Waals surface area contributed by atoms with Gasteiger partial charge in [-0.15, -0.1) is 0 Å². The number of fused-ring (bicyclic) bond motifs is 1. The fraction of sp³-hybridized carbons (Fsp3) is 0. The number of aromatic hydroxyl groups is 1. The van der Waals surface area contributed by atoms with Crippen LogP contribution in [0, 0.1) is 0 Å². The second kappa shape index (κ2) is 3.55. The van der Waals surface area contributed by atoms with Crippen molar-refractivity contribution in [1.29, 1.82) is 0 Å². The van der Waals surface area contributed by atoms with E-state index < -0.39 is 5.97 Å². The molecule has 0 spiro atoms. The molecule has 0 fully saturated rings. The van der Waals surface area contributed by atoms with E-state index in [0.717, 1.165) is 10.8 Å². The van der Waals surface area contributed by atoms with Crippen molar-refractivity contribution in [2.24, 2.45) is 0 Å². The zero-order valence-electron chi connectivity index (χ0n) is 7.57. The monoisotopic (exact) mass is 266 g/mol. The van der Waals surface area contributed by atoms with E-state index in [-0.39, 0.29) is 11.3 Å². The highest BCUT2D eigenvalue weighted by Crippen LogP contribution is 2.35. The lowest BCUT2D eigenvalue weighted by atomic mass is 10.1. The standard InChI is InChI=1S/C11H7BrO3/c12-9-7-4-2-1-3-6(7)5-8(10(9)13)11(14)15/h1-5,13H,(H,14,15). The van der Waals surface area contributed by atoms with Gasteiger partial charge in [0.05, 0.1) is 4.47 Å². The number of hydrogen-bond donors (Lipinski definition) is 2. The first-order valence-corrected chi connectivity index (χ1v) is 5.04. The quantitative estimate of drug-likeness (QED) is 0.834. The zero-order valence-corrected chi connectivity index (χ0v) is 9.15. The summed E-state index contributed by atoms with van der Waals surface area (Å²) in [5.74, 6) is -1.37. The van der Waals surface area contributed by atoms with Crippen LogP contribution in [-0.2, 0) is 0 Å². The number of rotatable bonds is 1. The van der Waals surface area contributed by atoms with E-state index in [1.807, 2.05) is 18.2 Å². The summed E-state index contributed by atoms with van der Waals surface area (Å²) in [6.07, 6.45) is 0. The molecular formula is C11H7BrO3. The molecule has 0 unspecified atom stereocenters. The minimum absolute atomic E-state index is 0.0967. The number of hydrogen-bond acceptors (Lipinski definition) is 2. The largest absolute Gasteiger partial charge is 0.506 e. The van der Waals surface area contributed by atoms with Crippen molar-refractivity contribution >= 4 is 32.7 Å². The first kappa shape index (κ1) is 9.98. The van der Waals surface area contributed by atoms with E-state index in [9.17, 15) is 9.90 Å². The molecule has 0 aliphatic carbocycles. The highest BCUT2D eigenvalue weighted by Gasteiger charge is 2.15. The Balaban J connectivity index is 2.88. The third-order valence-electron chi connectivity index (χ3n) is 2.19. The average Bonchev–Trinajstić information content (AvgIpc) is 2.23. The van der Waals surface area contributed by atoms with Crippen LogP contribution in [0.5, 0.6) is 5.75 Å². The van der Waals surface area contributed by atoms with Crippen LogP contribution in [0.25, 0.3) is 10.8 Å². The second-order valence-electron chi connectivity index (χ2n) is 3.11. The molecule has 0 saturated carbocycles. The lowest BCUT2D eigenvalue weighted by Crippen LogP contribution is -1.97. The third-order valence-corrected chi connectivity index (χ3v) is 2.99. The van der Waals surface area contributed by atoms with Gasteiger partial charge in [0.15, 0.2) is 0 Å². The van der Waals surface area contributed by atoms with Crippen LogP contribution < -0.4 is 0 Å². The van der Waals surface area contributed by atoms with Crippen LogP contribution in [0.15, 0.2) is 34.8 Å². The maximum atomic E-state index is 10.8. The Labute approximate surface area is 94.1 Å². The molecule has 2 N–H and O–H groups in total. The van der Waals surface area contributed by atoms with Crippen molar-refractivity contribution < 1.29 is 15.0 Å². The number of phenols is 1. The lowest BCUT2D eigenvalue weighted by molar-refractivity contribution is 0.0694. The van der Waals surface area contributed by atoms with Crippen LogP contribution in [-0.4, -0.2) is 16.2 Å². The molecule has 2 rings (SSSR count). The van der Waals surface area contributed by atoms with E-state index in [0.29, 0.717) is 4.47 Å². The summed E-state index contributed by atoms with van der Waals surface area (Å²) in [5.41, 5.74) is -0.0967. The van der Waals surface area contributed by atoms with E-state index in [2.05, 4.69) is 15.9 Å². The van der Waals surface area contributed by atoms with Gasteiger partial charge in [-0.05, 0) is 32.8 Å². The van der Waals surface area contributed by atoms with E-state index in [4.69, 9.17) is 5.11 Å². The van der Waals surface area contributed by atoms with Crippen molar-refractivity contribution in [3.05, 3.63) is 40.4 Å². The minimum Gasteiger partial charge on any atom is -0.506 e. The van der Waals surface area contributed by atoms with Crippen LogP contribution in [0.4, 0.5) is 0 Å². The maximum absolute atomic E-state index is 10.8. The molecule has 0 bridgehead atoms. The van der Waals surface area contributed by atoms with Crippen LogP contribution >= 0.6 is 15.9 Å². The average molecular weight is 267 g/mol. The summed E-state index contributed by atoms with van der Waals surface area (Å²) >= 11 is 3.19. The molecule has 0 radical (unpaired) electrons. The van der Waals surface area contributed by atoms with Gasteiger partial charge in [0.1, 0.15) is 11.3 Å². The van der Waals surface area contributed by atoms with Gasteiger partial charge in [0.2, 0.25) is 0 Å². The van der Waals surface area contributed by atoms with Gasteiger partial charge in [-0.25, -0.2) is 4.79 Å². The van der Waals surface area contributed by atoms with E-state index in [1.54, 1.807) is 6.07 Å². The van der Waals surface area contributed by atoms with E-state index >= 15 is 0 Å². The summed E-state index contributed by atoms with van der Waals surface area (Å²) in [5, 5.41) is 20.1. The van der Waals surface area contributed by atoms with Crippen molar-refractivity contribution in [2.75, 3.05) is 0 Å². The SMILES string of the molecule is O=C(O)c1cc2ccccc2c(Br)c1O. The van der Waals surface area contributed by atoms with Crippen molar-refractivity contribution in [2.45, 2.75) is 0 Å². The van der Waals surface area contributed by atoms with Gasteiger partial charge in [-0.3, -0.25) is 0 Å². The highest BCUT2D eigenvalue weighted by atomic mass is 79.9. The number of carboxylic acids is 1. The molecule has 0 atom stereocenters. The zero-order chi connectivity index (χ0) is 11.0. The predicted octanol–water partition coefficient (Wildman–Crippen LogP) is 3.01. The molecule has 2 aromatic rings. The van der Waals surface area contributed by atoms with Gasteiger partial charge < -0.3 is 10.2 Å². The van der Waals surface area contributed by atoms with Crippen LogP contribution in [0.2, 0.25) is 0 Å². The Kier molecular flexibility index (Phi) is 2.36. The van der Waals surface area contributed by atoms with Crippen molar-refractivity contribution in [3.63, 3.8) is 0 Å². The van der Waals surface area contributed by atoms with Gasteiger partial charge in [0.25, 0.3) is 0 Å². The van der Waals surface area contributed by atoms with Gasteiger partial charge in [-0.1, -0.05) is 24.3 Å².